The Morgan fingerprint density at radius 3 is 2.62 bits per heavy atom. The second-order valence-electron chi connectivity index (χ2n) is 5.55. The van der Waals surface area contributed by atoms with Gasteiger partial charge in [0.1, 0.15) is 4.32 Å². The Balaban J connectivity index is 1.68. The number of thioether (sulfide) groups is 2. The van der Waals surface area contributed by atoms with Gasteiger partial charge in [-0.2, -0.15) is 11.8 Å². The molecule has 3 rings (SSSR count). The molecule has 2 aliphatic rings. The number of hydrogen-bond acceptors (Lipinski definition) is 6. The van der Waals surface area contributed by atoms with Crippen LogP contribution in [0.1, 0.15) is 15.9 Å². The first-order chi connectivity index (χ1) is 11.5. The number of benzene rings is 1. The van der Waals surface area contributed by atoms with E-state index in [4.69, 9.17) is 12.2 Å². The number of nitrogens with zero attached hydrogens (tertiary/aromatic N) is 1. The minimum atomic E-state index is -0.491. The molecule has 2 fully saturated rings. The number of hydrogen-bond donors (Lipinski definition) is 2. The lowest BCUT2D eigenvalue weighted by atomic mass is 10.1. The highest BCUT2D eigenvalue weighted by atomic mass is 32.2. The molecule has 0 aromatic heterocycles. The Labute approximate surface area is 153 Å². The summed E-state index contributed by atoms with van der Waals surface area (Å²) in [7, 11) is 1.65. The highest BCUT2D eigenvalue weighted by Gasteiger charge is 2.29. The van der Waals surface area contributed by atoms with Crippen LogP contribution in [0, 0.1) is 0 Å². The Morgan fingerprint density at radius 1 is 1.38 bits per heavy atom. The fourth-order valence-electron chi connectivity index (χ4n) is 2.36. The lowest BCUT2D eigenvalue weighted by Crippen LogP contribution is -2.42. The zero-order valence-electron chi connectivity index (χ0n) is 12.9. The number of carbonyl (C=O) groups is 2. The van der Waals surface area contributed by atoms with Crippen molar-refractivity contribution < 1.29 is 14.7 Å². The molecule has 2 N–H and O–H groups in total. The van der Waals surface area contributed by atoms with E-state index < -0.39 is 6.10 Å². The van der Waals surface area contributed by atoms with E-state index in [0.717, 1.165) is 11.3 Å². The van der Waals surface area contributed by atoms with E-state index in [1.165, 1.54) is 16.7 Å². The van der Waals surface area contributed by atoms with Crippen molar-refractivity contribution in [2.24, 2.45) is 0 Å². The van der Waals surface area contributed by atoms with E-state index in [2.05, 4.69) is 5.32 Å². The summed E-state index contributed by atoms with van der Waals surface area (Å²) in [6.07, 6.45) is 1.27. The molecule has 0 bridgehead atoms. The van der Waals surface area contributed by atoms with E-state index >= 15 is 0 Å². The maximum Gasteiger partial charge on any atom is 0.265 e. The van der Waals surface area contributed by atoms with Gasteiger partial charge in [0.05, 0.1) is 17.1 Å². The zero-order valence-corrected chi connectivity index (χ0v) is 15.3. The highest BCUT2D eigenvalue weighted by Crippen LogP contribution is 2.31. The highest BCUT2D eigenvalue weighted by molar-refractivity contribution is 8.26. The molecule has 1 aromatic carbocycles. The molecule has 126 valence electrons. The molecule has 2 unspecified atom stereocenters. The van der Waals surface area contributed by atoms with Crippen molar-refractivity contribution in [3.05, 3.63) is 40.3 Å². The predicted octanol–water partition coefficient (Wildman–Crippen LogP) is 1.72. The number of carbonyl (C=O) groups excluding carboxylic acids is 2. The van der Waals surface area contributed by atoms with Crippen LogP contribution in [0.3, 0.4) is 0 Å². The quantitative estimate of drug-likeness (QED) is 0.615. The van der Waals surface area contributed by atoms with Gasteiger partial charge in [-0.3, -0.25) is 14.5 Å². The number of likely N-dealkylation sites (N-methyl/N-ethyl adjacent to an activating group) is 1. The second kappa shape index (κ2) is 7.26. The first-order valence-corrected chi connectivity index (χ1v) is 9.72. The smallest absolute Gasteiger partial charge is 0.265 e. The van der Waals surface area contributed by atoms with Gasteiger partial charge in [-0.05, 0) is 23.8 Å². The van der Waals surface area contributed by atoms with E-state index in [0.29, 0.717) is 20.5 Å². The zero-order chi connectivity index (χ0) is 17.3. The van der Waals surface area contributed by atoms with E-state index in [9.17, 15) is 14.7 Å². The van der Waals surface area contributed by atoms with Crippen LogP contribution in [0.5, 0.6) is 0 Å². The van der Waals surface area contributed by atoms with Crippen molar-refractivity contribution in [2.75, 3.05) is 18.6 Å². The van der Waals surface area contributed by atoms with E-state index in [-0.39, 0.29) is 17.9 Å². The summed E-state index contributed by atoms with van der Waals surface area (Å²) in [6.45, 7) is 0. The fraction of sp³-hybridized carbons (Fsp3) is 0.312. The average Bonchev–Trinajstić information content (AvgIpc) is 3.07. The summed E-state index contributed by atoms with van der Waals surface area (Å²) in [5.41, 5.74) is 1.36. The third kappa shape index (κ3) is 3.66. The molecule has 0 radical (unpaired) electrons. The van der Waals surface area contributed by atoms with Crippen molar-refractivity contribution in [3.63, 3.8) is 0 Å². The van der Waals surface area contributed by atoms with Crippen molar-refractivity contribution >= 4 is 58.0 Å². The number of thiocarbonyl (C=S) groups is 1. The van der Waals surface area contributed by atoms with Crippen molar-refractivity contribution in [1.82, 2.24) is 10.2 Å². The molecular weight excluding hydrogens is 364 g/mol. The third-order valence-electron chi connectivity index (χ3n) is 3.82. The lowest BCUT2D eigenvalue weighted by Gasteiger charge is -2.15. The molecule has 24 heavy (non-hydrogen) atoms. The molecule has 2 heterocycles. The number of rotatable bonds is 3. The topological polar surface area (TPSA) is 69.6 Å². The molecule has 2 atom stereocenters. The Kier molecular flexibility index (Phi) is 5.29. The number of amides is 2. The molecule has 0 aliphatic carbocycles. The van der Waals surface area contributed by atoms with Crippen LogP contribution in [0.4, 0.5) is 0 Å². The maximum absolute atomic E-state index is 12.2. The summed E-state index contributed by atoms with van der Waals surface area (Å²) in [5, 5.41) is 12.6. The lowest BCUT2D eigenvalue weighted by molar-refractivity contribution is -0.121. The fourth-order valence-corrected chi connectivity index (χ4v) is 4.71. The first-order valence-electron chi connectivity index (χ1n) is 7.34. The van der Waals surface area contributed by atoms with Crippen molar-refractivity contribution in [2.45, 2.75) is 12.1 Å². The van der Waals surface area contributed by atoms with Gasteiger partial charge in [0, 0.05) is 24.1 Å². The van der Waals surface area contributed by atoms with Gasteiger partial charge in [0.15, 0.2) is 0 Å². The van der Waals surface area contributed by atoms with Crippen LogP contribution in [0.2, 0.25) is 0 Å². The Hall–Kier alpha value is -1.35. The largest absolute Gasteiger partial charge is 0.390 e. The van der Waals surface area contributed by atoms with Crippen LogP contribution in [0.25, 0.3) is 6.08 Å². The molecule has 2 saturated heterocycles. The van der Waals surface area contributed by atoms with Crippen LogP contribution >= 0.6 is 35.7 Å². The monoisotopic (exact) mass is 380 g/mol. The molecule has 0 saturated carbocycles. The average molecular weight is 381 g/mol. The van der Waals surface area contributed by atoms with Crippen molar-refractivity contribution in [3.8, 4) is 0 Å². The number of aliphatic hydroxyl groups excluding tert-OH is 1. The molecule has 0 spiro atoms. The molecule has 2 aliphatic heterocycles. The standard InChI is InChI=1S/C16H16N2O3S3/c1-18-15(21)13(24-16(18)22)6-9-2-4-10(5-3-9)14(20)17-11-7-23-8-12(11)19/h2-6,11-12,19H,7-8H2,1H3,(H,17,20)/b13-6-. The molecule has 1 aromatic rings. The van der Waals surface area contributed by atoms with E-state index in [1.54, 1.807) is 49.2 Å². The molecule has 2 amide bonds. The predicted molar refractivity (Wildman–Crippen MR) is 102 cm³/mol. The van der Waals surface area contributed by atoms with Gasteiger partial charge in [-0.1, -0.05) is 36.1 Å². The maximum atomic E-state index is 12.2. The summed E-state index contributed by atoms with van der Waals surface area (Å²) in [4.78, 5) is 26.2. The molecule has 8 heteroatoms. The molecule has 5 nitrogen and oxygen atoms in total. The summed E-state index contributed by atoms with van der Waals surface area (Å²) in [6, 6.07) is 6.80. The van der Waals surface area contributed by atoms with E-state index in [1.807, 2.05) is 0 Å². The van der Waals surface area contributed by atoms with Gasteiger partial charge < -0.3 is 10.4 Å². The van der Waals surface area contributed by atoms with Crippen LogP contribution in [0.15, 0.2) is 29.2 Å². The van der Waals surface area contributed by atoms with Gasteiger partial charge in [0.2, 0.25) is 0 Å². The Morgan fingerprint density at radius 2 is 2.08 bits per heavy atom. The van der Waals surface area contributed by atoms with Crippen LogP contribution in [-0.4, -0.2) is 56.8 Å². The van der Waals surface area contributed by atoms with Gasteiger partial charge in [-0.15, -0.1) is 0 Å². The van der Waals surface area contributed by atoms with Gasteiger partial charge >= 0.3 is 0 Å². The van der Waals surface area contributed by atoms with Crippen LogP contribution in [-0.2, 0) is 4.79 Å². The minimum absolute atomic E-state index is 0.112. The summed E-state index contributed by atoms with van der Waals surface area (Å²) >= 11 is 7.99. The first kappa shape index (κ1) is 17.5. The summed E-state index contributed by atoms with van der Waals surface area (Å²) < 4.78 is 0.537. The normalized spacial score (nSPS) is 25.6. The SMILES string of the molecule is CN1C(=O)/C(=C/c2ccc(C(=O)NC3CSCC3O)cc2)SC1=S. The third-order valence-corrected chi connectivity index (χ3v) is 6.48. The van der Waals surface area contributed by atoms with Crippen LogP contribution < -0.4 is 5.32 Å². The minimum Gasteiger partial charge on any atom is -0.390 e. The van der Waals surface area contributed by atoms with Crippen molar-refractivity contribution in [1.29, 1.82) is 0 Å². The Bertz CT molecular complexity index is 718. The molecular formula is C16H16N2O3S3. The summed E-state index contributed by atoms with van der Waals surface area (Å²) in [5.74, 6) is 1.07. The van der Waals surface area contributed by atoms with Gasteiger partial charge in [0.25, 0.3) is 11.8 Å². The van der Waals surface area contributed by atoms with Gasteiger partial charge in [-0.25, -0.2) is 0 Å². The number of nitrogens with one attached hydrogen (secondary N) is 1. The number of aliphatic hydroxyl groups is 1. The second-order valence-corrected chi connectivity index (χ2v) is 8.30.